The molecule has 0 radical (unpaired) electrons. The van der Waals surface area contributed by atoms with Crippen molar-refractivity contribution in [3.05, 3.63) is 71.7 Å². The van der Waals surface area contributed by atoms with Crippen LogP contribution in [0.1, 0.15) is 57.9 Å². The second kappa shape index (κ2) is 10.0. The predicted octanol–water partition coefficient (Wildman–Crippen LogP) is 6.67. The summed E-state index contributed by atoms with van der Waals surface area (Å²) in [5, 5.41) is 3.36. The summed E-state index contributed by atoms with van der Waals surface area (Å²) in [6, 6.07) is 15.5. The van der Waals surface area contributed by atoms with Gasteiger partial charge in [0.05, 0.1) is 0 Å². The maximum atomic E-state index is 14.8. The van der Waals surface area contributed by atoms with Crippen molar-refractivity contribution in [2.45, 2.75) is 52.4 Å². The smallest absolute Gasteiger partial charge is 0.131 e. The fraction of sp³-hybridized carbons (Fsp3) is 0.391. The predicted molar refractivity (Wildman–Crippen MR) is 106 cm³/mol. The van der Waals surface area contributed by atoms with Crippen molar-refractivity contribution in [2.24, 2.45) is 0 Å². The van der Waals surface area contributed by atoms with Crippen molar-refractivity contribution in [3.63, 3.8) is 0 Å². The molecule has 2 aromatic rings. The van der Waals surface area contributed by atoms with Crippen LogP contribution in [0, 0.1) is 5.82 Å². The van der Waals surface area contributed by atoms with E-state index >= 15 is 0 Å². The summed E-state index contributed by atoms with van der Waals surface area (Å²) < 4.78 is 14.8. The third-order valence-electron chi connectivity index (χ3n) is 4.60. The van der Waals surface area contributed by atoms with Crippen LogP contribution in [-0.2, 0) is 0 Å². The fourth-order valence-electron chi connectivity index (χ4n) is 3.14. The molecule has 1 unspecified atom stereocenters. The van der Waals surface area contributed by atoms with E-state index in [2.05, 4.69) is 38.4 Å². The first kappa shape index (κ1) is 19.2. The topological polar surface area (TPSA) is 12.0 Å². The first-order valence-corrected chi connectivity index (χ1v) is 9.42. The van der Waals surface area contributed by atoms with Gasteiger partial charge in [-0.3, -0.25) is 0 Å². The molecular formula is C23H30FN. The van der Waals surface area contributed by atoms with Crippen LogP contribution in [0.3, 0.4) is 0 Å². The molecule has 1 atom stereocenters. The van der Waals surface area contributed by atoms with Crippen molar-refractivity contribution >= 4 is 0 Å². The highest BCUT2D eigenvalue weighted by atomic mass is 19.1. The highest BCUT2D eigenvalue weighted by molar-refractivity contribution is 5.64. The lowest BCUT2D eigenvalue weighted by Gasteiger charge is -2.19. The van der Waals surface area contributed by atoms with Gasteiger partial charge in [0.1, 0.15) is 5.82 Å². The highest BCUT2D eigenvalue weighted by Gasteiger charge is 2.16. The number of hydrogen-bond acceptors (Lipinski definition) is 1. The first-order chi connectivity index (χ1) is 12.2. The number of hydrogen-bond donors (Lipinski definition) is 1. The Morgan fingerprint density at radius 2 is 1.84 bits per heavy atom. The molecule has 1 N–H and O–H groups in total. The maximum Gasteiger partial charge on any atom is 0.131 e. The molecule has 2 aromatic carbocycles. The summed E-state index contributed by atoms with van der Waals surface area (Å²) in [5.41, 5.74) is 3.93. The molecule has 0 aromatic heterocycles. The van der Waals surface area contributed by atoms with Gasteiger partial charge in [0.2, 0.25) is 0 Å². The van der Waals surface area contributed by atoms with Crippen LogP contribution >= 0.6 is 0 Å². The number of allylic oxidation sites excluding steroid dienone is 1. The molecular weight excluding hydrogens is 309 g/mol. The van der Waals surface area contributed by atoms with E-state index in [9.17, 15) is 4.39 Å². The number of rotatable bonds is 9. The third kappa shape index (κ3) is 5.45. The summed E-state index contributed by atoms with van der Waals surface area (Å²) in [7, 11) is 0. The number of halogens is 1. The Morgan fingerprint density at radius 3 is 2.48 bits per heavy atom. The van der Waals surface area contributed by atoms with E-state index in [0.29, 0.717) is 5.56 Å². The van der Waals surface area contributed by atoms with Crippen LogP contribution in [0.5, 0.6) is 0 Å². The Morgan fingerprint density at radius 1 is 1.08 bits per heavy atom. The number of unbranched alkanes of at least 4 members (excludes halogenated alkanes) is 1. The highest BCUT2D eigenvalue weighted by Crippen LogP contribution is 2.32. The Labute approximate surface area is 152 Å². The lowest BCUT2D eigenvalue weighted by molar-refractivity contribution is 0.610. The van der Waals surface area contributed by atoms with Crippen LogP contribution in [0.25, 0.3) is 11.1 Å². The van der Waals surface area contributed by atoms with Gasteiger partial charge >= 0.3 is 0 Å². The first-order valence-electron chi connectivity index (χ1n) is 9.42. The molecule has 25 heavy (non-hydrogen) atoms. The van der Waals surface area contributed by atoms with E-state index in [4.69, 9.17) is 0 Å². The van der Waals surface area contributed by atoms with Gasteiger partial charge < -0.3 is 5.32 Å². The zero-order valence-electron chi connectivity index (χ0n) is 15.7. The second-order valence-electron chi connectivity index (χ2n) is 6.64. The lowest BCUT2D eigenvalue weighted by atomic mass is 9.87. The number of nitrogens with one attached hydrogen (secondary N) is 1. The summed E-state index contributed by atoms with van der Waals surface area (Å²) in [4.78, 5) is 0. The van der Waals surface area contributed by atoms with Gasteiger partial charge in [-0.25, -0.2) is 4.39 Å². The lowest BCUT2D eigenvalue weighted by Crippen LogP contribution is -2.10. The molecule has 0 heterocycles. The average Bonchev–Trinajstić information content (AvgIpc) is 2.63. The Kier molecular flexibility index (Phi) is 7.72. The Bertz CT molecular complexity index is 676. The molecule has 0 saturated heterocycles. The minimum atomic E-state index is -0.139. The molecule has 0 aliphatic carbocycles. The van der Waals surface area contributed by atoms with Crippen LogP contribution in [-0.4, -0.2) is 6.54 Å². The fourth-order valence-corrected chi connectivity index (χ4v) is 3.14. The van der Waals surface area contributed by atoms with Crippen molar-refractivity contribution in [1.82, 2.24) is 5.32 Å². The van der Waals surface area contributed by atoms with Gasteiger partial charge in [-0.15, -0.1) is 0 Å². The van der Waals surface area contributed by atoms with E-state index in [1.807, 2.05) is 36.4 Å². The SMILES string of the molecule is CCCCC(/C(C)=C/NCCC)c1ccc(-c2ccccc2)c(F)c1. The average molecular weight is 339 g/mol. The molecule has 0 aliphatic rings. The maximum absolute atomic E-state index is 14.8. The summed E-state index contributed by atoms with van der Waals surface area (Å²) in [6.07, 6.45) is 6.55. The standard InChI is InChI=1S/C23H30FN/c1-4-6-12-21(18(3)17-25-15-5-2)20-13-14-22(23(24)16-20)19-10-8-7-9-11-19/h7-11,13-14,16-17,21,25H,4-6,12,15H2,1-3H3/b18-17+. The van der Waals surface area contributed by atoms with Crippen LogP contribution in [0.15, 0.2) is 60.3 Å². The van der Waals surface area contributed by atoms with Gasteiger partial charge in [-0.2, -0.15) is 0 Å². The molecule has 0 fully saturated rings. The molecule has 0 bridgehead atoms. The quantitative estimate of drug-likeness (QED) is 0.503. The van der Waals surface area contributed by atoms with Gasteiger partial charge in [-0.05, 0) is 43.2 Å². The minimum absolute atomic E-state index is 0.139. The molecule has 0 spiro atoms. The van der Waals surface area contributed by atoms with Crippen molar-refractivity contribution < 1.29 is 4.39 Å². The van der Waals surface area contributed by atoms with Crippen LogP contribution < -0.4 is 5.32 Å². The van der Waals surface area contributed by atoms with Gasteiger partial charge in [0, 0.05) is 18.0 Å². The summed E-state index contributed by atoms with van der Waals surface area (Å²) in [6.45, 7) is 7.47. The summed E-state index contributed by atoms with van der Waals surface area (Å²) in [5.74, 6) is 0.128. The molecule has 2 rings (SSSR count). The van der Waals surface area contributed by atoms with E-state index in [0.717, 1.165) is 43.4 Å². The number of benzene rings is 2. The Hall–Kier alpha value is -2.09. The van der Waals surface area contributed by atoms with Crippen molar-refractivity contribution in [1.29, 1.82) is 0 Å². The molecule has 134 valence electrons. The van der Waals surface area contributed by atoms with Gasteiger partial charge in [0.25, 0.3) is 0 Å². The van der Waals surface area contributed by atoms with E-state index in [1.165, 1.54) is 5.57 Å². The van der Waals surface area contributed by atoms with Crippen molar-refractivity contribution in [3.8, 4) is 11.1 Å². The Balaban J connectivity index is 2.28. The molecule has 0 aliphatic heterocycles. The van der Waals surface area contributed by atoms with E-state index < -0.39 is 0 Å². The van der Waals surface area contributed by atoms with Crippen molar-refractivity contribution in [2.75, 3.05) is 6.54 Å². The summed E-state index contributed by atoms with van der Waals surface area (Å²) >= 11 is 0. The van der Waals surface area contributed by atoms with E-state index in [-0.39, 0.29) is 11.7 Å². The van der Waals surface area contributed by atoms with Gasteiger partial charge in [0.15, 0.2) is 0 Å². The molecule has 0 amide bonds. The largest absolute Gasteiger partial charge is 0.391 e. The molecule has 0 saturated carbocycles. The second-order valence-corrected chi connectivity index (χ2v) is 6.64. The monoisotopic (exact) mass is 339 g/mol. The third-order valence-corrected chi connectivity index (χ3v) is 4.60. The molecule has 2 heteroatoms. The van der Waals surface area contributed by atoms with Gasteiger partial charge in [-0.1, -0.05) is 74.7 Å². The minimum Gasteiger partial charge on any atom is -0.391 e. The van der Waals surface area contributed by atoms with Crippen LogP contribution in [0.2, 0.25) is 0 Å². The molecule has 1 nitrogen and oxygen atoms in total. The zero-order valence-corrected chi connectivity index (χ0v) is 15.7. The van der Waals surface area contributed by atoms with Crippen LogP contribution in [0.4, 0.5) is 4.39 Å². The van der Waals surface area contributed by atoms with E-state index in [1.54, 1.807) is 6.07 Å². The zero-order chi connectivity index (χ0) is 18.1. The normalized spacial score (nSPS) is 12.9.